The number of carboxylic acid groups (broad SMARTS) is 1. The summed E-state index contributed by atoms with van der Waals surface area (Å²) >= 11 is 0. The van der Waals surface area contributed by atoms with Gasteiger partial charge < -0.3 is 10.4 Å². The van der Waals surface area contributed by atoms with Crippen molar-refractivity contribution in [1.29, 1.82) is 0 Å². The van der Waals surface area contributed by atoms with Crippen molar-refractivity contribution >= 4 is 17.6 Å². The first-order valence-electron chi connectivity index (χ1n) is 4.40. The summed E-state index contributed by atoms with van der Waals surface area (Å²) in [4.78, 5) is 21.9. The quantitative estimate of drug-likeness (QED) is 0.772. The number of carbonyl (C=O) groups excluding carboxylic acids is 1. The van der Waals surface area contributed by atoms with Gasteiger partial charge in [-0.3, -0.25) is 9.59 Å². The second-order valence-electron chi connectivity index (χ2n) is 3.37. The zero-order valence-corrected chi connectivity index (χ0v) is 7.66. The van der Waals surface area contributed by atoms with E-state index in [2.05, 4.69) is 5.32 Å². The van der Waals surface area contributed by atoms with Crippen molar-refractivity contribution in [2.24, 2.45) is 0 Å². The van der Waals surface area contributed by atoms with E-state index in [0.29, 0.717) is 11.3 Å². The van der Waals surface area contributed by atoms with Crippen molar-refractivity contribution in [3.63, 3.8) is 0 Å². The number of benzene rings is 1. The number of rotatable bonds is 2. The summed E-state index contributed by atoms with van der Waals surface area (Å²) in [5, 5.41) is 11.1. The maximum atomic E-state index is 12.8. The smallest absolute Gasteiger partial charge is 0.304 e. The van der Waals surface area contributed by atoms with Gasteiger partial charge in [0.1, 0.15) is 5.82 Å². The lowest BCUT2D eigenvalue weighted by atomic mass is 9.97. The topological polar surface area (TPSA) is 66.4 Å². The van der Waals surface area contributed by atoms with E-state index in [9.17, 15) is 14.0 Å². The molecule has 0 fully saturated rings. The summed E-state index contributed by atoms with van der Waals surface area (Å²) in [5.74, 6) is -2.60. The van der Waals surface area contributed by atoms with Gasteiger partial charge in [-0.05, 0) is 17.7 Å². The highest BCUT2D eigenvalue weighted by Crippen LogP contribution is 2.34. The molecule has 4 nitrogen and oxygen atoms in total. The maximum Gasteiger partial charge on any atom is 0.304 e. The highest BCUT2D eigenvalue weighted by molar-refractivity contribution is 6.04. The normalized spacial score (nSPS) is 18.5. The Bertz CT molecular complexity index is 444. The van der Waals surface area contributed by atoms with Crippen molar-refractivity contribution in [3.8, 4) is 0 Å². The van der Waals surface area contributed by atoms with E-state index < -0.39 is 23.6 Å². The lowest BCUT2D eigenvalue weighted by Crippen LogP contribution is -2.15. The van der Waals surface area contributed by atoms with Gasteiger partial charge in [0.2, 0.25) is 5.91 Å². The minimum absolute atomic E-state index is 0.273. The number of anilines is 1. The molecule has 1 aromatic carbocycles. The lowest BCUT2D eigenvalue weighted by molar-refractivity contribution is -0.138. The van der Waals surface area contributed by atoms with Crippen LogP contribution in [0, 0.1) is 5.82 Å². The van der Waals surface area contributed by atoms with E-state index in [1.807, 2.05) is 0 Å². The van der Waals surface area contributed by atoms with Crippen molar-refractivity contribution in [1.82, 2.24) is 0 Å². The van der Waals surface area contributed by atoms with Crippen LogP contribution < -0.4 is 5.32 Å². The molecule has 0 unspecified atom stereocenters. The third kappa shape index (κ3) is 1.68. The molecule has 0 aromatic heterocycles. The Hall–Kier alpha value is -1.91. The van der Waals surface area contributed by atoms with Crippen LogP contribution in [-0.2, 0) is 9.59 Å². The Labute approximate surface area is 84.7 Å². The number of carboxylic acids is 1. The molecule has 1 aliphatic rings. The first-order chi connectivity index (χ1) is 7.08. The second-order valence-corrected chi connectivity index (χ2v) is 3.37. The number of halogens is 1. The second kappa shape index (κ2) is 3.34. The Morgan fingerprint density at radius 2 is 2.27 bits per heavy atom. The fourth-order valence-electron chi connectivity index (χ4n) is 1.68. The van der Waals surface area contributed by atoms with Crippen LogP contribution in [0.3, 0.4) is 0 Å². The van der Waals surface area contributed by atoms with Crippen molar-refractivity contribution in [2.75, 3.05) is 5.32 Å². The van der Waals surface area contributed by atoms with E-state index in [4.69, 9.17) is 5.11 Å². The molecule has 1 amide bonds. The molecule has 2 rings (SSSR count). The van der Waals surface area contributed by atoms with Crippen LogP contribution in [0.2, 0.25) is 0 Å². The Morgan fingerprint density at radius 3 is 2.93 bits per heavy atom. The van der Waals surface area contributed by atoms with Gasteiger partial charge in [0.15, 0.2) is 0 Å². The summed E-state index contributed by atoms with van der Waals surface area (Å²) in [6, 6.07) is 3.85. The Balaban J connectivity index is 2.37. The minimum Gasteiger partial charge on any atom is -0.481 e. The highest BCUT2D eigenvalue weighted by Gasteiger charge is 2.32. The molecular formula is C10H8FNO3. The van der Waals surface area contributed by atoms with E-state index in [-0.39, 0.29) is 6.42 Å². The number of aliphatic carboxylic acids is 1. The predicted octanol–water partition coefficient (Wildman–Crippen LogP) is 1.34. The fourth-order valence-corrected chi connectivity index (χ4v) is 1.68. The standard InChI is InChI=1S/C10H8FNO3/c11-5-1-2-6-7(4-9(13)14)10(15)12-8(6)3-5/h1-3,7H,4H2,(H,12,15)(H,13,14)/t7-/m1/s1. The molecule has 78 valence electrons. The van der Waals surface area contributed by atoms with Gasteiger partial charge in [0.05, 0.1) is 12.3 Å². The summed E-state index contributed by atoms with van der Waals surface area (Å²) in [6.45, 7) is 0. The van der Waals surface area contributed by atoms with Gasteiger partial charge in [0.25, 0.3) is 0 Å². The first-order valence-corrected chi connectivity index (χ1v) is 4.40. The van der Waals surface area contributed by atoms with Gasteiger partial charge in [-0.15, -0.1) is 0 Å². The van der Waals surface area contributed by atoms with Crippen molar-refractivity contribution < 1.29 is 19.1 Å². The summed E-state index contributed by atoms with van der Waals surface area (Å²) < 4.78 is 12.8. The fraction of sp³-hybridized carbons (Fsp3) is 0.200. The SMILES string of the molecule is O=C(O)C[C@H]1C(=O)Nc2cc(F)ccc21. The molecule has 1 aromatic rings. The van der Waals surface area contributed by atoms with E-state index >= 15 is 0 Å². The van der Waals surface area contributed by atoms with Crippen LogP contribution >= 0.6 is 0 Å². The summed E-state index contributed by atoms with van der Waals surface area (Å²) in [7, 11) is 0. The zero-order chi connectivity index (χ0) is 11.0. The van der Waals surface area contributed by atoms with Gasteiger partial charge in [-0.2, -0.15) is 0 Å². The van der Waals surface area contributed by atoms with Crippen LogP contribution in [0.1, 0.15) is 17.9 Å². The molecule has 1 aliphatic heterocycles. The van der Waals surface area contributed by atoms with Gasteiger partial charge in [-0.1, -0.05) is 6.07 Å². The Kier molecular flexibility index (Phi) is 2.15. The van der Waals surface area contributed by atoms with Crippen LogP contribution in [0.5, 0.6) is 0 Å². The molecule has 15 heavy (non-hydrogen) atoms. The van der Waals surface area contributed by atoms with Crippen molar-refractivity contribution in [2.45, 2.75) is 12.3 Å². The highest BCUT2D eigenvalue weighted by atomic mass is 19.1. The molecule has 1 heterocycles. The van der Waals surface area contributed by atoms with E-state index in [1.54, 1.807) is 0 Å². The average molecular weight is 209 g/mol. The third-order valence-corrected chi connectivity index (χ3v) is 2.34. The average Bonchev–Trinajstić information content (AvgIpc) is 2.41. The minimum atomic E-state index is -1.05. The monoisotopic (exact) mass is 209 g/mol. The number of fused-ring (bicyclic) bond motifs is 1. The number of hydrogen-bond acceptors (Lipinski definition) is 2. The summed E-state index contributed by atoms with van der Waals surface area (Å²) in [5.41, 5.74) is 0.912. The zero-order valence-electron chi connectivity index (χ0n) is 7.66. The molecule has 0 aliphatic carbocycles. The largest absolute Gasteiger partial charge is 0.481 e. The molecular weight excluding hydrogens is 201 g/mol. The first kappa shape index (κ1) is 9.64. The number of nitrogens with one attached hydrogen (secondary N) is 1. The van der Waals surface area contributed by atoms with Crippen LogP contribution in [0.25, 0.3) is 0 Å². The van der Waals surface area contributed by atoms with E-state index in [1.165, 1.54) is 18.2 Å². The molecule has 0 saturated heterocycles. The van der Waals surface area contributed by atoms with Crippen LogP contribution in [-0.4, -0.2) is 17.0 Å². The molecule has 0 bridgehead atoms. The van der Waals surface area contributed by atoms with Gasteiger partial charge in [-0.25, -0.2) is 4.39 Å². The number of amides is 1. The van der Waals surface area contributed by atoms with Crippen molar-refractivity contribution in [3.05, 3.63) is 29.6 Å². The summed E-state index contributed by atoms with van der Waals surface area (Å²) in [6.07, 6.45) is -0.273. The number of carbonyl (C=O) groups is 2. The molecule has 5 heteroatoms. The maximum absolute atomic E-state index is 12.8. The third-order valence-electron chi connectivity index (χ3n) is 2.34. The van der Waals surface area contributed by atoms with Gasteiger partial charge >= 0.3 is 5.97 Å². The number of hydrogen-bond donors (Lipinski definition) is 2. The molecule has 0 radical (unpaired) electrons. The predicted molar refractivity (Wildman–Crippen MR) is 50.0 cm³/mol. The molecule has 2 N–H and O–H groups in total. The molecule has 0 saturated carbocycles. The van der Waals surface area contributed by atoms with Gasteiger partial charge in [0, 0.05) is 5.69 Å². The molecule has 0 spiro atoms. The molecule has 1 atom stereocenters. The van der Waals surface area contributed by atoms with Crippen LogP contribution in [0.15, 0.2) is 18.2 Å². The lowest BCUT2D eigenvalue weighted by Gasteiger charge is -2.04. The Morgan fingerprint density at radius 1 is 1.53 bits per heavy atom. The van der Waals surface area contributed by atoms with E-state index in [0.717, 1.165) is 0 Å². The van der Waals surface area contributed by atoms with Crippen LogP contribution in [0.4, 0.5) is 10.1 Å².